The first-order valence-electron chi connectivity index (χ1n) is 8.87. The van der Waals surface area contributed by atoms with Gasteiger partial charge in [0, 0.05) is 23.7 Å². The maximum absolute atomic E-state index is 12.5. The average Bonchev–Trinajstić information content (AvgIpc) is 3.48. The van der Waals surface area contributed by atoms with Gasteiger partial charge in [-0.3, -0.25) is 19.7 Å². The maximum atomic E-state index is 12.5. The molecule has 9 nitrogen and oxygen atoms in total. The van der Waals surface area contributed by atoms with Gasteiger partial charge in [-0.05, 0) is 44.3 Å². The largest absolute Gasteiger partial charge is 0.451 e. The van der Waals surface area contributed by atoms with Crippen LogP contribution in [0.1, 0.15) is 36.5 Å². The zero-order chi connectivity index (χ0) is 20.7. The fraction of sp³-hybridized carbons (Fsp3) is 0.500. The molecule has 0 aromatic heterocycles. The molecule has 0 spiro atoms. The Morgan fingerprint density at radius 2 is 2.07 bits per heavy atom. The van der Waals surface area contributed by atoms with Crippen molar-refractivity contribution in [1.82, 2.24) is 10.6 Å². The fourth-order valence-corrected chi connectivity index (χ4v) is 2.81. The van der Waals surface area contributed by atoms with E-state index in [0.717, 1.165) is 18.9 Å². The third-order valence-electron chi connectivity index (χ3n) is 4.11. The van der Waals surface area contributed by atoms with Crippen molar-refractivity contribution in [3.8, 4) is 0 Å². The van der Waals surface area contributed by atoms with Crippen molar-refractivity contribution in [3.05, 3.63) is 39.9 Å². The number of nitrogens with one attached hydrogen (secondary N) is 2. The van der Waals surface area contributed by atoms with Gasteiger partial charge in [-0.15, -0.1) is 0 Å². The maximum Gasteiger partial charge on any atom is 0.329 e. The normalized spacial score (nSPS) is 15.2. The predicted octanol–water partition coefficient (Wildman–Crippen LogP) is 1.66. The van der Waals surface area contributed by atoms with E-state index in [1.165, 1.54) is 36.9 Å². The van der Waals surface area contributed by atoms with E-state index in [2.05, 4.69) is 10.6 Å². The first-order chi connectivity index (χ1) is 13.3. The highest BCUT2D eigenvalue weighted by molar-refractivity contribution is 7.98. The van der Waals surface area contributed by atoms with Crippen LogP contribution in [0.2, 0.25) is 0 Å². The predicted molar refractivity (Wildman–Crippen MR) is 104 cm³/mol. The van der Waals surface area contributed by atoms with Crippen molar-refractivity contribution in [2.45, 2.75) is 44.4 Å². The lowest BCUT2D eigenvalue weighted by Crippen LogP contribution is -2.45. The molecule has 2 amide bonds. The lowest BCUT2D eigenvalue weighted by atomic mass is 10.1. The highest BCUT2D eigenvalue weighted by atomic mass is 32.2. The monoisotopic (exact) mass is 409 g/mol. The fourth-order valence-electron chi connectivity index (χ4n) is 2.34. The van der Waals surface area contributed by atoms with Gasteiger partial charge in [0.25, 0.3) is 17.5 Å². The lowest BCUT2D eigenvalue weighted by molar-refractivity contribution is -0.384. The van der Waals surface area contributed by atoms with Crippen LogP contribution < -0.4 is 10.6 Å². The molecular weight excluding hydrogens is 386 g/mol. The Balaban J connectivity index is 2.01. The number of non-ortho nitro benzene ring substituents is 1. The van der Waals surface area contributed by atoms with Gasteiger partial charge in [-0.1, -0.05) is 6.07 Å². The molecule has 1 saturated carbocycles. The van der Waals surface area contributed by atoms with Crippen molar-refractivity contribution < 1.29 is 24.0 Å². The van der Waals surface area contributed by atoms with Crippen molar-refractivity contribution >= 4 is 35.2 Å². The number of nitro benzene ring substituents is 1. The Morgan fingerprint density at radius 3 is 2.68 bits per heavy atom. The van der Waals surface area contributed by atoms with E-state index < -0.39 is 28.9 Å². The summed E-state index contributed by atoms with van der Waals surface area (Å²) in [4.78, 5) is 47.2. The minimum Gasteiger partial charge on any atom is -0.451 e. The number of esters is 1. The van der Waals surface area contributed by atoms with Crippen LogP contribution >= 0.6 is 11.8 Å². The summed E-state index contributed by atoms with van der Waals surface area (Å²) in [5.74, 6) is -1.13. The minimum absolute atomic E-state index is 0.0654. The number of thioether (sulfide) groups is 1. The molecule has 0 radical (unpaired) electrons. The summed E-state index contributed by atoms with van der Waals surface area (Å²) in [5, 5.41) is 16.2. The molecule has 28 heavy (non-hydrogen) atoms. The van der Waals surface area contributed by atoms with E-state index in [1.807, 2.05) is 6.26 Å². The Labute approximate surface area is 166 Å². The number of benzene rings is 1. The molecule has 1 aliphatic rings. The van der Waals surface area contributed by atoms with Crippen molar-refractivity contribution in [1.29, 1.82) is 0 Å². The number of rotatable bonds is 10. The van der Waals surface area contributed by atoms with Crippen LogP contribution in [-0.4, -0.2) is 52.9 Å². The van der Waals surface area contributed by atoms with Crippen molar-refractivity contribution in [2.24, 2.45) is 0 Å². The third-order valence-corrected chi connectivity index (χ3v) is 4.75. The van der Waals surface area contributed by atoms with Gasteiger partial charge in [-0.25, -0.2) is 4.79 Å². The zero-order valence-electron chi connectivity index (χ0n) is 15.7. The van der Waals surface area contributed by atoms with Gasteiger partial charge in [0.1, 0.15) is 6.04 Å². The summed E-state index contributed by atoms with van der Waals surface area (Å²) in [5.41, 5.74) is -0.156. The van der Waals surface area contributed by atoms with Crippen LogP contribution in [-0.2, 0) is 14.3 Å². The highest BCUT2D eigenvalue weighted by Gasteiger charge is 2.30. The second kappa shape index (κ2) is 10.1. The zero-order valence-corrected chi connectivity index (χ0v) is 16.5. The first kappa shape index (κ1) is 21.7. The van der Waals surface area contributed by atoms with E-state index in [9.17, 15) is 24.5 Å². The van der Waals surface area contributed by atoms with Crippen LogP contribution in [0, 0.1) is 10.1 Å². The first-order valence-corrected chi connectivity index (χ1v) is 10.3. The Hall–Kier alpha value is -2.62. The highest BCUT2D eigenvalue weighted by Crippen LogP contribution is 2.19. The van der Waals surface area contributed by atoms with Gasteiger partial charge in [-0.2, -0.15) is 11.8 Å². The molecule has 0 aliphatic heterocycles. The van der Waals surface area contributed by atoms with Crippen molar-refractivity contribution in [3.63, 3.8) is 0 Å². The number of amides is 2. The van der Waals surface area contributed by atoms with Crippen molar-refractivity contribution in [2.75, 3.05) is 12.0 Å². The SMILES string of the molecule is CSCC[C@@H](NC(=O)c1cccc([N+](=O)[O-])c1)C(=O)O[C@@H](C)C(=O)NC1CC1. The van der Waals surface area contributed by atoms with E-state index in [-0.39, 0.29) is 23.2 Å². The molecule has 2 N–H and O–H groups in total. The number of nitrogens with zero attached hydrogens (tertiary/aromatic N) is 1. The van der Waals surface area contributed by atoms with E-state index in [4.69, 9.17) is 4.74 Å². The molecule has 1 aromatic rings. The summed E-state index contributed by atoms with van der Waals surface area (Å²) in [6.07, 6.45) is 3.03. The van der Waals surface area contributed by atoms with Gasteiger partial charge in [0.2, 0.25) is 0 Å². The smallest absolute Gasteiger partial charge is 0.329 e. The van der Waals surface area contributed by atoms with Gasteiger partial charge in [0.05, 0.1) is 4.92 Å². The van der Waals surface area contributed by atoms with E-state index >= 15 is 0 Å². The molecule has 152 valence electrons. The lowest BCUT2D eigenvalue weighted by Gasteiger charge is -2.20. The number of carbonyl (C=O) groups excluding carboxylic acids is 3. The molecule has 0 heterocycles. The number of carbonyl (C=O) groups is 3. The quantitative estimate of drug-likeness (QED) is 0.342. The number of hydrogen-bond acceptors (Lipinski definition) is 7. The second-order valence-corrected chi connectivity index (χ2v) is 7.46. The second-order valence-electron chi connectivity index (χ2n) is 6.48. The van der Waals surface area contributed by atoms with Crippen LogP contribution in [0.4, 0.5) is 5.69 Å². The van der Waals surface area contributed by atoms with Gasteiger partial charge >= 0.3 is 5.97 Å². The van der Waals surface area contributed by atoms with E-state index in [1.54, 1.807) is 0 Å². The Kier molecular flexibility index (Phi) is 7.80. The summed E-state index contributed by atoms with van der Waals surface area (Å²) in [6.45, 7) is 1.48. The molecule has 0 unspecified atom stereocenters. The standard InChI is InChI=1S/C18H23N3O6S/c1-11(16(22)19-13-6-7-13)27-18(24)15(8-9-28-2)20-17(23)12-4-3-5-14(10-12)21(25)26/h3-5,10-11,13,15H,6-9H2,1-2H3,(H,19,22)(H,20,23)/t11-,15+/m0/s1. The van der Waals surface area contributed by atoms with Gasteiger partial charge < -0.3 is 15.4 Å². The Bertz CT molecular complexity index is 753. The molecular formula is C18H23N3O6S. The number of ether oxygens (including phenoxy) is 1. The molecule has 2 atom stereocenters. The Morgan fingerprint density at radius 1 is 1.36 bits per heavy atom. The molecule has 10 heteroatoms. The average molecular weight is 409 g/mol. The molecule has 2 rings (SSSR count). The topological polar surface area (TPSA) is 128 Å². The van der Waals surface area contributed by atoms with Gasteiger partial charge in [0.15, 0.2) is 6.10 Å². The minimum atomic E-state index is -0.973. The number of nitro groups is 1. The summed E-state index contributed by atoms with van der Waals surface area (Å²) in [6, 6.07) is 4.41. The molecule has 1 fully saturated rings. The molecule has 1 aromatic carbocycles. The van der Waals surface area contributed by atoms with Crippen LogP contribution in [0.15, 0.2) is 24.3 Å². The summed E-state index contributed by atoms with van der Waals surface area (Å²) >= 11 is 1.49. The molecule has 1 aliphatic carbocycles. The summed E-state index contributed by atoms with van der Waals surface area (Å²) in [7, 11) is 0. The number of hydrogen-bond donors (Lipinski definition) is 2. The summed E-state index contributed by atoms with van der Waals surface area (Å²) < 4.78 is 5.22. The van der Waals surface area contributed by atoms with Crippen LogP contribution in [0.5, 0.6) is 0 Å². The molecule has 0 bridgehead atoms. The van der Waals surface area contributed by atoms with Crippen LogP contribution in [0.3, 0.4) is 0 Å². The third kappa shape index (κ3) is 6.52. The molecule has 0 saturated heterocycles. The van der Waals surface area contributed by atoms with E-state index in [0.29, 0.717) is 12.2 Å². The van der Waals surface area contributed by atoms with Crippen LogP contribution in [0.25, 0.3) is 0 Å².